The molecular formula is C20H20Cl2O6. The van der Waals surface area contributed by atoms with E-state index in [1.807, 2.05) is 0 Å². The quantitative estimate of drug-likeness (QED) is 0.383. The van der Waals surface area contributed by atoms with Crippen molar-refractivity contribution < 1.29 is 28.5 Å². The number of methoxy groups -OCH3 is 2. The van der Waals surface area contributed by atoms with E-state index in [-0.39, 0.29) is 0 Å². The lowest BCUT2D eigenvalue weighted by Gasteiger charge is -2.13. The zero-order chi connectivity index (χ0) is 20.5. The predicted molar refractivity (Wildman–Crippen MR) is 107 cm³/mol. The summed E-state index contributed by atoms with van der Waals surface area (Å²) in [4.78, 5) is 22.4. The molecule has 0 aromatic heterocycles. The van der Waals surface area contributed by atoms with Crippen LogP contribution >= 0.6 is 23.2 Å². The Labute approximate surface area is 173 Å². The van der Waals surface area contributed by atoms with Crippen molar-refractivity contribution >= 4 is 33.7 Å². The Bertz CT molecular complexity index is 768. The molecule has 0 aliphatic heterocycles. The third-order valence-electron chi connectivity index (χ3n) is 3.83. The fourth-order valence-corrected chi connectivity index (χ4v) is 2.62. The van der Waals surface area contributed by atoms with E-state index in [4.69, 9.17) is 42.1 Å². The minimum atomic E-state index is -0.555. The fraction of sp³-hybridized carbons (Fsp3) is 0.300. The van der Waals surface area contributed by atoms with Crippen LogP contribution in [0.3, 0.4) is 0 Å². The van der Waals surface area contributed by atoms with Crippen LogP contribution in [0.2, 0.25) is 0 Å². The van der Waals surface area contributed by atoms with Gasteiger partial charge >= 0.3 is 0 Å². The van der Waals surface area contributed by atoms with Crippen molar-refractivity contribution in [1.29, 1.82) is 0 Å². The molecule has 2 aromatic rings. The Morgan fingerprint density at radius 2 is 1.11 bits per heavy atom. The number of hydrogen-bond donors (Lipinski definition) is 0. The zero-order valence-electron chi connectivity index (χ0n) is 15.5. The molecule has 0 spiro atoms. The normalized spacial score (nSPS) is 10.3. The molecular weight excluding hydrogens is 407 g/mol. The molecule has 6 nitrogen and oxygen atoms in total. The second-order valence-electron chi connectivity index (χ2n) is 5.68. The van der Waals surface area contributed by atoms with Crippen LogP contribution in [0.1, 0.15) is 33.6 Å². The van der Waals surface area contributed by atoms with E-state index in [0.29, 0.717) is 47.3 Å². The number of rotatable bonds is 11. The Kier molecular flexibility index (Phi) is 8.42. The van der Waals surface area contributed by atoms with Crippen LogP contribution in [0.25, 0.3) is 0 Å². The van der Waals surface area contributed by atoms with Crippen molar-refractivity contribution in [3.63, 3.8) is 0 Å². The van der Waals surface area contributed by atoms with Gasteiger partial charge < -0.3 is 18.9 Å². The van der Waals surface area contributed by atoms with Crippen LogP contribution in [0.4, 0.5) is 0 Å². The third-order valence-corrected chi connectivity index (χ3v) is 4.27. The molecule has 28 heavy (non-hydrogen) atoms. The van der Waals surface area contributed by atoms with Crippen molar-refractivity contribution in [1.82, 2.24) is 0 Å². The molecule has 0 amide bonds. The van der Waals surface area contributed by atoms with Crippen LogP contribution in [-0.2, 0) is 0 Å². The lowest BCUT2D eigenvalue weighted by molar-refractivity contribution is 0.107. The maximum Gasteiger partial charge on any atom is 0.252 e. The summed E-state index contributed by atoms with van der Waals surface area (Å²) in [5.41, 5.74) is 0.685. The molecule has 0 fully saturated rings. The third kappa shape index (κ3) is 6.04. The topological polar surface area (TPSA) is 71.1 Å². The highest BCUT2D eigenvalue weighted by atomic mass is 35.5. The van der Waals surface area contributed by atoms with Gasteiger partial charge in [0, 0.05) is 11.1 Å². The van der Waals surface area contributed by atoms with Gasteiger partial charge in [-0.05, 0) is 72.4 Å². The molecule has 0 aliphatic carbocycles. The Hall–Kier alpha value is -2.44. The minimum Gasteiger partial charge on any atom is -0.493 e. The molecule has 0 saturated carbocycles. The van der Waals surface area contributed by atoms with E-state index in [9.17, 15) is 9.59 Å². The second-order valence-corrected chi connectivity index (χ2v) is 6.37. The van der Waals surface area contributed by atoms with E-state index in [2.05, 4.69) is 0 Å². The molecule has 150 valence electrons. The molecule has 0 atom stereocenters. The summed E-state index contributed by atoms with van der Waals surface area (Å²) in [5, 5.41) is -1.11. The first-order valence-electron chi connectivity index (χ1n) is 8.47. The number of ether oxygens (including phenoxy) is 4. The molecule has 0 heterocycles. The van der Waals surface area contributed by atoms with Crippen molar-refractivity contribution in [3.8, 4) is 23.0 Å². The predicted octanol–water partition coefficient (Wildman–Crippen LogP) is 4.70. The Balaban J connectivity index is 1.80. The maximum atomic E-state index is 11.2. The highest BCUT2D eigenvalue weighted by Gasteiger charge is 2.11. The van der Waals surface area contributed by atoms with E-state index in [0.717, 1.165) is 12.8 Å². The van der Waals surface area contributed by atoms with Gasteiger partial charge in [-0.1, -0.05) is 0 Å². The minimum absolute atomic E-state index is 0.343. The van der Waals surface area contributed by atoms with Gasteiger partial charge in [0.1, 0.15) is 0 Å². The Morgan fingerprint density at radius 1 is 0.714 bits per heavy atom. The standard InChI is InChI=1S/C20H20Cl2O6/c1-25-17-11-13(19(21)23)5-7-15(17)27-9-3-4-10-28-16-8-6-14(20(22)24)12-18(16)26-2/h5-8,11-12H,3-4,9-10H2,1-2H3. The van der Waals surface area contributed by atoms with Gasteiger partial charge in [0.25, 0.3) is 10.5 Å². The lowest BCUT2D eigenvalue weighted by atomic mass is 10.2. The molecule has 2 aromatic carbocycles. The highest BCUT2D eigenvalue weighted by molar-refractivity contribution is 6.68. The van der Waals surface area contributed by atoms with Crippen molar-refractivity contribution in [3.05, 3.63) is 47.5 Å². The fourth-order valence-electron chi connectivity index (χ4n) is 2.39. The number of halogens is 2. The summed E-state index contributed by atoms with van der Waals surface area (Å²) >= 11 is 10.9. The first-order valence-corrected chi connectivity index (χ1v) is 9.23. The van der Waals surface area contributed by atoms with Gasteiger partial charge in [0.05, 0.1) is 27.4 Å². The summed E-state index contributed by atoms with van der Waals surface area (Å²) in [6.45, 7) is 0.898. The van der Waals surface area contributed by atoms with Gasteiger partial charge in [0.15, 0.2) is 23.0 Å². The molecule has 0 radical (unpaired) electrons. The summed E-state index contributed by atoms with van der Waals surface area (Å²) in [7, 11) is 2.99. The molecule has 0 saturated heterocycles. The van der Waals surface area contributed by atoms with Gasteiger partial charge in [-0.3, -0.25) is 9.59 Å². The maximum absolute atomic E-state index is 11.2. The van der Waals surface area contributed by atoms with Crippen LogP contribution in [-0.4, -0.2) is 37.9 Å². The first-order chi connectivity index (χ1) is 13.5. The summed E-state index contributed by atoms with van der Waals surface area (Å²) in [6.07, 6.45) is 1.47. The number of hydrogen-bond acceptors (Lipinski definition) is 6. The van der Waals surface area contributed by atoms with Crippen LogP contribution in [0.15, 0.2) is 36.4 Å². The number of benzene rings is 2. The average molecular weight is 427 g/mol. The monoisotopic (exact) mass is 426 g/mol. The molecule has 2 rings (SSSR count). The summed E-state index contributed by atoms with van der Waals surface area (Å²) < 4.78 is 21.8. The summed E-state index contributed by atoms with van der Waals surface area (Å²) in [6, 6.07) is 9.53. The molecule has 0 N–H and O–H groups in total. The van der Waals surface area contributed by atoms with Crippen molar-refractivity contribution in [2.45, 2.75) is 12.8 Å². The van der Waals surface area contributed by atoms with E-state index in [1.165, 1.54) is 26.4 Å². The van der Waals surface area contributed by atoms with E-state index >= 15 is 0 Å². The van der Waals surface area contributed by atoms with Crippen LogP contribution < -0.4 is 18.9 Å². The first kappa shape index (κ1) is 21.9. The van der Waals surface area contributed by atoms with Gasteiger partial charge in [-0.2, -0.15) is 0 Å². The Morgan fingerprint density at radius 3 is 1.43 bits per heavy atom. The van der Waals surface area contributed by atoms with E-state index in [1.54, 1.807) is 24.3 Å². The van der Waals surface area contributed by atoms with Gasteiger partial charge in [0.2, 0.25) is 0 Å². The number of unbranched alkanes of at least 4 members (excludes halogenated alkanes) is 1. The van der Waals surface area contributed by atoms with E-state index < -0.39 is 10.5 Å². The average Bonchev–Trinajstić information content (AvgIpc) is 2.70. The second kappa shape index (κ2) is 10.8. The SMILES string of the molecule is COc1cc(C(=O)Cl)ccc1OCCCCOc1ccc(C(=O)Cl)cc1OC. The largest absolute Gasteiger partial charge is 0.493 e. The smallest absolute Gasteiger partial charge is 0.252 e. The molecule has 0 bridgehead atoms. The number of carbonyl (C=O) groups is 2. The molecule has 0 unspecified atom stereocenters. The zero-order valence-corrected chi connectivity index (χ0v) is 17.0. The van der Waals surface area contributed by atoms with Gasteiger partial charge in [-0.15, -0.1) is 0 Å². The lowest BCUT2D eigenvalue weighted by Crippen LogP contribution is -2.04. The van der Waals surface area contributed by atoms with Crippen molar-refractivity contribution in [2.24, 2.45) is 0 Å². The summed E-state index contributed by atoms with van der Waals surface area (Å²) in [5.74, 6) is 1.96. The highest BCUT2D eigenvalue weighted by Crippen LogP contribution is 2.30. The van der Waals surface area contributed by atoms with Crippen LogP contribution in [0, 0.1) is 0 Å². The molecule has 0 aliphatic rings. The van der Waals surface area contributed by atoms with Crippen LogP contribution in [0.5, 0.6) is 23.0 Å². The number of carbonyl (C=O) groups excluding carboxylic acids is 2. The van der Waals surface area contributed by atoms with Gasteiger partial charge in [-0.25, -0.2) is 0 Å². The van der Waals surface area contributed by atoms with Crippen molar-refractivity contribution in [2.75, 3.05) is 27.4 Å². The molecule has 8 heteroatoms.